The van der Waals surface area contributed by atoms with Crippen molar-refractivity contribution < 1.29 is 18.8 Å². The fourth-order valence-electron chi connectivity index (χ4n) is 4.31. The van der Waals surface area contributed by atoms with Crippen LogP contribution < -0.4 is 10.8 Å². The number of nitrogens with one attached hydrogen (secondary N) is 2. The molecule has 8 nitrogen and oxygen atoms in total. The molecule has 1 aliphatic heterocycles. The second-order valence-corrected chi connectivity index (χ2v) is 8.76. The molecule has 184 valence electrons. The average molecular weight is 488 g/mol. The first-order valence-electron chi connectivity index (χ1n) is 11.7. The van der Waals surface area contributed by atoms with Crippen molar-refractivity contribution in [2.75, 3.05) is 19.6 Å². The Hall–Kier alpha value is -4.08. The number of halogens is 1. The molecule has 0 atom stereocenters. The van der Waals surface area contributed by atoms with Gasteiger partial charge in [0.05, 0.1) is 24.9 Å². The molecule has 9 heteroatoms. The lowest BCUT2D eigenvalue weighted by atomic mass is 10.1. The highest BCUT2D eigenvalue weighted by atomic mass is 19.1. The molecule has 1 aliphatic rings. The first kappa shape index (κ1) is 23.7. The van der Waals surface area contributed by atoms with Crippen molar-refractivity contribution in [1.29, 1.82) is 0 Å². The summed E-state index contributed by atoms with van der Waals surface area (Å²) in [5.74, 6) is -0.733. The summed E-state index contributed by atoms with van der Waals surface area (Å²) >= 11 is 0. The number of hydroxylamine groups is 1. The van der Waals surface area contributed by atoms with Gasteiger partial charge in [0, 0.05) is 37.8 Å². The zero-order valence-corrected chi connectivity index (χ0v) is 19.6. The number of rotatable bonds is 8. The molecule has 3 heterocycles. The summed E-state index contributed by atoms with van der Waals surface area (Å²) in [5, 5.41) is 3.71. The van der Waals surface area contributed by atoms with Gasteiger partial charge < -0.3 is 9.88 Å². The number of carbonyl (C=O) groups is 2. The minimum absolute atomic E-state index is 0.00593. The largest absolute Gasteiger partial charge is 0.354 e. The third kappa shape index (κ3) is 5.59. The van der Waals surface area contributed by atoms with Gasteiger partial charge in [-0.05, 0) is 34.9 Å². The lowest BCUT2D eigenvalue weighted by Crippen LogP contribution is -2.47. The highest BCUT2D eigenvalue weighted by Crippen LogP contribution is 2.25. The molecule has 0 radical (unpaired) electrons. The van der Waals surface area contributed by atoms with E-state index in [1.807, 2.05) is 41.1 Å². The summed E-state index contributed by atoms with van der Waals surface area (Å²) in [6.07, 6.45) is 3.67. The van der Waals surface area contributed by atoms with Crippen molar-refractivity contribution in [3.8, 4) is 0 Å². The fourth-order valence-corrected chi connectivity index (χ4v) is 4.31. The van der Waals surface area contributed by atoms with Crippen LogP contribution in [0.3, 0.4) is 0 Å². The number of piperazine rings is 1. The van der Waals surface area contributed by atoms with Crippen molar-refractivity contribution in [2.24, 2.45) is 0 Å². The molecule has 36 heavy (non-hydrogen) atoms. The highest BCUT2D eigenvalue weighted by molar-refractivity contribution is 5.96. The molecule has 0 saturated carbocycles. The smallest absolute Gasteiger partial charge is 0.293 e. The van der Waals surface area contributed by atoms with Gasteiger partial charge in [-0.15, -0.1) is 0 Å². The molecule has 2 aromatic carbocycles. The Bertz CT molecular complexity index is 1370. The third-order valence-electron chi connectivity index (χ3n) is 6.11. The number of benzene rings is 2. The number of amides is 2. The summed E-state index contributed by atoms with van der Waals surface area (Å²) in [6.45, 7) is 2.96. The molecule has 5 rings (SSSR count). The predicted octanol–water partition coefficient (Wildman–Crippen LogP) is 3.02. The Kier molecular flexibility index (Phi) is 7.01. The van der Waals surface area contributed by atoms with Gasteiger partial charge in [0.25, 0.3) is 5.91 Å². The standard InChI is InChI=1S/C27H26FN5O3/c28-22-8-6-19(7-9-22)14-33-16-21(15-32-11-10-29-26(34)17-32)23-12-24(30-13-25(23)33)27(35)31-36-18-20-4-2-1-3-5-20/h1-9,12-13,16H,10-11,14-15,17-18H2,(H,29,34)(H,31,35). The maximum absolute atomic E-state index is 13.4. The lowest BCUT2D eigenvalue weighted by molar-refractivity contribution is -0.124. The van der Waals surface area contributed by atoms with Crippen LogP contribution in [0.4, 0.5) is 4.39 Å². The molecular formula is C27H26FN5O3. The monoisotopic (exact) mass is 487 g/mol. The topological polar surface area (TPSA) is 88.5 Å². The van der Waals surface area contributed by atoms with E-state index in [1.165, 1.54) is 12.1 Å². The summed E-state index contributed by atoms with van der Waals surface area (Å²) in [4.78, 5) is 36.4. The van der Waals surface area contributed by atoms with Gasteiger partial charge in [-0.2, -0.15) is 0 Å². The zero-order chi connectivity index (χ0) is 24.9. The van der Waals surface area contributed by atoms with Crippen LogP contribution in [0.25, 0.3) is 10.9 Å². The van der Waals surface area contributed by atoms with Gasteiger partial charge in [-0.25, -0.2) is 14.9 Å². The van der Waals surface area contributed by atoms with Crippen LogP contribution >= 0.6 is 0 Å². The van der Waals surface area contributed by atoms with E-state index in [1.54, 1.807) is 24.4 Å². The summed E-state index contributed by atoms with van der Waals surface area (Å²) in [7, 11) is 0. The third-order valence-corrected chi connectivity index (χ3v) is 6.11. The van der Waals surface area contributed by atoms with E-state index in [4.69, 9.17) is 4.84 Å². The molecule has 2 aromatic heterocycles. The van der Waals surface area contributed by atoms with Crippen molar-refractivity contribution in [3.63, 3.8) is 0 Å². The van der Waals surface area contributed by atoms with Crippen molar-refractivity contribution in [2.45, 2.75) is 19.7 Å². The molecule has 1 saturated heterocycles. The van der Waals surface area contributed by atoms with Gasteiger partial charge in [0.2, 0.25) is 5.91 Å². The van der Waals surface area contributed by atoms with E-state index in [0.717, 1.165) is 34.1 Å². The number of aromatic nitrogens is 2. The maximum atomic E-state index is 13.4. The van der Waals surface area contributed by atoms with Crippen LogP contribution in [-0.2, 0) is 29.3 Å². The zero-order valence-electron chi connectivity index (χ0n) is 19.6. The molecule has 0 aliphatic carbocycles. The van der Waals surface area contributed by atoms with E-state index < -0.39 is 5.91 Å². The van der Waals surface area contributed by atoms with Crippen LogP contribution in [-0.4, -0.2) is 45.9 Å². The number of hydrogen-bond acceptors (Lipinski definition) is 5. The van der Waals surface area contributed by atoms with Gasteiger partial charge in [0.1, 0.15) is 11.5 Å². The first-order chi connectivity index (χ1) is 17.5. The predicted molar refractivity (Wildman–Crippen MR) is 132 cm³/mol. The Morgan fingerprint density at radius 3 is 2.67 bits per heavy atom. The second-order valence-electron chi connectivity index (χ2n) is 8.76. The fraction of sp³-hybridized carbons (Fsp3) is 0.222. The lowest BCUT2D eigenvalue weighted by Gasteiger charge is -2.26. The quantitative estimate of drug-likeness (QED) is 0.373. The molecule has 4 aromatic rings. The number of fused-ring (bicyclic) bond motifs is 1. The SMILES string of the molecule is O=C1CN(Cc2cn(Cc3ccc(F)cc3)c3cnc(C(=O)NOCc4ccccc4)cc23)CCN1. The number of carbonyl (C=O) groups excluding carboxylic acids is 2. The number of hydrogen-bond donors (Lipinski definition) is 2. The first-order valence-corrected chi connectivity index (χ1v) is 11.7. The van der Waals surface area contributed by atoms with Crippen LogP contribution in [0.2, 0.25) is 0 Å². The number of pyridine rings is 1. The van der Waals surface area contributed by atoms with Crippen molar-refractivity contribution >= 4 is 22.7 Å². The van der Waals surface area contributed by atoms with E-state index >= 15 is 0 Å². The van der Waals surface area contributed by atoms with E-state index in [0.29, 0.717) is 26.2 Å². The molecule has 0 bridgehead atoms. The van der Waals surface area contributed by atoms with Crippen LogP contribution in [0, 0.1) is 5.82 Å². The van der Waals surface area contributed by atoms with E-state index in [2.05, 4.69) is 20.7 Å². The van der Waals surface area contributed by atoms with Gasteiger partial charge >= 0.3 is 0 Å². The van der Waals surface area contributed by atoms with E-state index in [-0.39, 0.29) is 24.0 Å². The summed E-state index contributed by atoms with van der Waals surface area (Å²) < 4.78 is 15.4. The highest BCUT2D eigenvalue weighted by Gasteiger charge is 2.20. The molecule has 0 spiro atoms. The molecule has 2 N–H and O–H groups in total. The Labute approximate surface area is 207 Å². The average Bonchev–Trinajstić information content (AvgIpc) is 3.22. The minimum atomic E-state index is -0.442. The molecule has 0 unspecified atom stereocenters. The van der Waals surface area contributed by atoms with Gasteiger partial charge in [-0.1, -0.05) is 42.5 Å². The Morgan fingerprint density at radius 1 is 1.08 bits per heavy atom. The van der Waals surface area contributed by atoms with Crippen molar-refractivity contribution in [1.82, 2.24) is 25.2 Å². The maximum Gasteiger partial charge on any atom is 0.293 e. The molecule has 1 fully saturated rings. The summed E-state index contributed by atoms with van der Waals surface area (Å²) in [5.41, 5.74) is 6.39. The second kappa shape index (κ2) is 10.7. The molecular weight excluding hydrogens is 461 g/mol. The Morgan fingerprint density at radius 2 is 1.89 bits per heavy atom. The Balaban J connectivity index is 1.39. The van der Waals surface area contributed by atoms with Crippen molar-refractivity contribution in [3.05, 3.63) is 101 Å². The summed E-state index contributed by atoms with van der Waals surface area (Å²) in [6, 6.07) is 17.6. The van der Waals surface area contributed by atoms with Crippen LogP contribution in [0.15, 0.2) is 73.1 Å². The number of nitrogens with zero attached hydrogens (tertiary/aromatic N) is 3. The van der Waals surface area contributed by atoms with E-state index in [9.17, 15) is 14.0 Å². The van der Waals surface area contributed by atoms with Gasteiger partial charge in [-0.3, -0.25) is 19.3 Å². The normalized spacial score (nSPS) is 14.1. The van der Waals surface area contributed by atoms with Crippen LogP contribution in [0.1, 0.15) is 27.2 Å². The molecule has 2 amide bonds. The van der Waals surface area contributed by atoms with Crippen LogP contribution in [0.5, 0.6) is 0 Å². The minimum Gasteiger partial charge on any atom is -0.354 e. The van der Waals surface area contributed by atoms with Gasteiger partial charge in [0.15, 0.2) is 0 Å².